The fourth-order valence-electron chi connectivity index (χ4n) is 2.90. The molecule has 0 aliphatic carbocycles. The highest BCUT2D eigenvalue weighted by atomic mass is 32.2. The van der Waals surface area contributed by atoms with Gasteiger partial charge in [-0.15, -0.1) is 0 Å². The summed E-state index contributed by atoms with van der Waals surface area (Å²) in [5.74, 6) is -1.46. The normalized spacial score (nSPS) is 14.5. The molecule has 0 aromatic heterocycles. The molecular formula is C19H18N2O6S. The Morgan fingerprint density at radius 3 is 2.57 bits per heavy atom. The SMILES string of the molecule is COC(=O)c1cccc(NC(=O)CCCN2C(=O)c3ccccc3S2(=O)=O)c1. The molecule has 2 aromatic carbocycles. The smallest absolute Gasteiger partial charge is 0.337 e. The molecule has 0 saturated heterocycles. The molecule has 0 unspecified atom stereocenters. The van der Waals surface area contributed by atoms with E-state index in [9.17, 15) is 22.8 Å². The van der Waals surface area contributed by atoms with E-state index in [1.54, 1.807) is 30.3 Å². The summed E-state index contributed by atoms with van der Waals surface area (Å²) in [4.78, 5) is 35.9. The molecule has 146 valence electrons. The predicted molar refractivity (Wildman–Crippen MR) is 100 cm³/mol. The van der Waals surface area contributed by atoms with Gasteiger partial charge >= 0.3 is 5.97 Å². The van der Waals surface area contributed by atoms with Crippen LogP contribution < -0.4 is 5.32 Å². The van der Waals surface area contributed by atoms with Gasteiger partial charge in [0.25, 0.3) is 15.9 Å². The van der Waals surface area contributed by atoms with Crippen LogP contribution in [0.4, 0.5) is 5.69 Å². The van der Waals surface area contributed by atoms with Gasteiger partial charge in [0.05, 0.1) is 18.2 Å². The fraction of sp³-hybridized carbons (Fsp3) is 0.211. The molecule has 8 nitrogen and oxygen atoms in total. The van der Waals surface area contributed by atoms with Gasteiger partial charge in [-0.3, -0.25) is 9.59 Å². The van der Waals surface area contributed by atoms with Crippen LogP contribution in [0.15, 0.2) is 53.4 Å². The number of benzene rings is 2. The zero-order valence-corrected chi connectivity index (χ0v) is 15.9. The van der Waals surface area contributed by atoms with E-state index in [2.05, 4.69) is 10.1 Å². The number of fused-ring (bicyclic) bond motifs is 1. The van der Waals surface area contributed by atoms with E-state index in [1.165, 1.54) is 25.3 Å². The number of carbonyl (C=O) groups excluding carboxylic acids is 3. The van der Waals surface area contributed by atoms with Crippen LogP contribution in [0.3, 0.4) is 0 Å². The standard InChI is InChI=1S/C19H18N2O6S/c1-27-19(24)13-6-4-7-14(12-13)20-17(22)10-5-11-21-18(23)15-8-2-3-9-16(15)28(21,25)26/h2-4,6-9,12H,5,10-11H2,1H3,(H,20,22). The molecule has 1 N–H and O–H groups in total. The summed E-state index contributed by atoms with van der Waals surface area (Å²) < 4.78 is 30.3. The Kier molecular flexibility index (Phi) is 5.46. The van der Waals surface area contributed by atoms with E-state index < -0.39 is 21.9 Å². The van der Waals surface area contributed by atoms with Crippen LogP contribution in [-0.4, -0.2) is 44.2 Å². The number of carbonyl (C=O) groups is 3. The van der Waals surface area contributed by atoms with Crippen molar-refractivity contribution in [3.8, 4) is 0 Å². The number of nitrogens with one attached hydrogen (secondary N) is 1. The lowest BCUT2D eigenvalue weighted by atomic mass is 10.2. The second kappa shape index (κ2) is 7.81. The molecule has 2 aromatic rings. The van der Waals surface area contributed by atoms with Crippen molar-refractivity contribution >= 4 is 33.5 Å². The number of rotatable bonds is 6. The first kappa shape index (κ1) is 19.6. The van der Waals surface area contributed by atoms with Gasteiger partial charge in [0.15, 0.2) is 0 Å². The molecule has 0 fully saturated rings. The topological polar surface area (TPSA) is 110 Å². The lowest BCUT2D eigenvalue weighted by Crippen LogP contribution is -2.31. The number of sulfonamides is 1. The van der Waals surface area contributed by atoms with Gasteiger partial charge in [-0.25, -0.2) is 17.5 Å². The molecule has 2 amide bonds. The van der Waals surface area contributed by atoms with Gasteiger partial charge in [-0.1, -0.05) is 18.2 Å². The average molecular weight is 402 g/mol. The van der Waals surface area contributed by atoms with Crippen molar-refractivity contribution in [3.63, 3.8) is 0 Å². The Morgan fingerprint density at radius 1 is 1.11 bits per heavy atom. The van der Waals surface area contributed by atoms with E-state index >= 15 is 0 Å². The van der Waals surface area contributed by atoms with Gasteiger partial charge in [-0.05, 0) is 36.8 Å². The summed E-state index contributed by atoms with van der Waals surface area (Å²) in [6.45, 7) is -0.0918. The number of ether oxygens (including phenoxy) is 1. The third-order valence-corrected chi connectivity index (χ3v) is 6.08. The van der Waals surface area contributed by atoms with Crippen LogP contribution in [-0.2, 0) is 19.6 Å². The van der Waals surface area contributed by atoms with Gasteiger partial charge in [0.2, 0.25) is 5.91 Å². The first-order valence-corrected chi connectivity index (χ1v) is 9.93. The van der Waals surface area contributed by atoms with E-state index in [-0.39, 0.29) is 35.8 Å². The number of anilines is 1. The Labute approximate surface area is 162 Å². The Hall–Kier alpha value is -3.20. The highest BCUT2D eigenvalue weighted by molar-refractivity contribution is 7.90. The summed E-state index contributed by atoms with van der Waals surface area (Å²) in [6.07, 6.45) is 0.180. The molecule has 0 spiro atoms. The number of esters is 1. The minimum absolute atomic E-state index is 0.0101. The van der Waals surface area contributed by atoms with Crippen LogP contribution >= 0.6 is 0 Å². The van der Waals surface area contributed by atoms with E-state index in [1.807, 2.05) is 0 Å². The summed E-state index contributed by atoms with van der Waals surface area (Å²) >= 11 is 0. The molecular weight excluding hydrogens is 384 g/mol. The largest absolute Gasteiger partial charge is 0.465 e. The van der Waals surface area contributed by atoms with Gasteiger partial charge < -0.3 is 10.1 Å². The third-order valence-electron chi connectivity index (χ3n) is 4.24. The lowest BCUT2D eigenvalue weighted by molar-refractivity contribution is -0.116. The summed E-state index contributed by atoms with van der Waals surface area (Å²) in [6, 6.07) is 12.3. The number of amides is 2. The van der Waals surface area contributed by atoms with Gasteiger partial charge in [-0.2, -0.15) is 0 Å². The third kappa shape index (κ3) is 3.74. The van der Waals surface area contributed by atoms with Crippen LogP contribution in [0.1, 0.15) is 33.6 Å². The highest BCUT2D eigenvalue weighted by Crippen LogP contribution is 2.30. The molecule has 9 heteroatoms. The summed E-state index contributed by atoms with van der Waals surface area (Å²) in [5, 5.41) is 2.64. The number of nitrogens with zero attached hydrogens (tertiary/aromatic N) is 1. The van der Waals surface area contributed by atoms with Gasteiger partial charge in [0, 0.05) is 18.7 Å². The zero-order valence-electron chi connectivity index (χ0n) is 15.0. The minimum atomic E-state index is -3.87. The molecule has 0 radical (unpaired) electrons. The maximum atomic E-state index is 12.5. The first-order valence-electron chi connectivity index (χ1n) is 8.49. The number of methoxy groups -OCH3 is 1. The van der Waals surface area contributed by atoms with Crippen molar-refractivity contribution in [1.29, 1.82) is 0 Å². The Morgan fingerprint density at radius 2 is 1.86 bits per heavy atom. The Bertz CT molecular complexity index is 1050. The van der Waals surface area contributed by atoms with Crippen LogP contribution in [0.2, 0.25) is 0 Å². The highest BCUT2D eigenvalue weighted by Gasteiger charge is 2.40. The zero-order chi connectivity index (χ0) is 20.3. The van der Waals surface area contributed by atoms with Crippen molar-refractivity contribution in [2.75, 3.05) is 19.0 Å². The minimum Gasteiger partial charge on any atom is -0.465 e. The number of hydrogen-bond acceptors (Lipinski definition) is 6. The van der Waals surface area contributed by atoms with Crippen LogP contribution in [0.25, 0.3) is 0 Å². The van der Waals surface area contributed by atoms with Gasteiger partial charge in [0.1, 0.15) is 4.90 Å². The maximum Gasteiger partial charge on any atom is 0.337 e. The predicted octanol–water partition coefficient (Wildman–Crippen LogP) is 2.04. The van der Waals surface area contributed by atoms with E-state index in [4.69, 9.17) is 0 Å². The van der Waals surface area contributed by atoms with Crippen LogP contribution in [0, 0.1) is 0 Å². The molecule has 0 saturated carbocycles. The monoisotopic (exact) mass is 402 g/mol. The second-order valence-electron chi connectivity index (χ2n) is 6.10. The second-order valence-corrected chi connectivity index (χ2v) is 7.93. The molecule has 1 aliphatic rings. The van der Waals surface area contributed by atoms with E-state index in [0.717, 1.165) is 4.31 Å². The number of hydrogen-bond donors (Lipinski definition) is 1. The fourth-order valence-corrected chi connectivity index (χ4v) is 4.51. The van der Waals surface area contributed by atoms with Crippen molar-refractivity contribution in [2.45, 2.75) is 17.7 Å². The van der Waals surface area contributed by atoms with Crippen LogP contribution in [0.5, 0.6) is 0 Å². The Balaban J connectivity index is 1.58. The maximum absolute atomic E-state index is 12.5. The molecule has 1 aliphatic heterocycles. The quantitative estimate of drug-likeness (QED) is 0.741. The lowest BCUT2D eigenvalue weighted by Gasteiger charge is -2.14. The van der Waals surface area contributed by atoms with Crippen molar-refractivity contribution < 1.29 is 27.5 Å². The molecule has 0 bridgehead atoms. The first-order chi connectivity index (χ1) is 13.3. The molecule has 1 heterocycles. The summed E-state index contributed by atoms with van der Waals surface area (Å²) in [7, 11) is -2.61. The van der Waals surface area contributed by atoms with Crippen molar-refractivity contribution in [2.24, 2.45) is 0 Å². The summed E-state index contributed by atoms with van der Waals surface area (Å²) in [5.41, 5.74) is 0.864. The molecule has 0 atom stereocenters. The van der Waals surface area contributed by atoms with E-state index in [0.29, 0.717) is 11.3 Å². The molecule has 3 rings (SSSR count). The van der Waals surface area contributed by atoms with Crippen molar-refractivity contribution in [1.82, 2.24) is 4.31 Å². The average Bonchev–Trinajstić information content (AvgIpc) is 2.88. The molecule has 28 heavy (non-hydrogen) atoms. The van der Waals surface area contributed by atoms with Crippen molar-refractivity contribution in [3.05, 3.63) is 59.7 Å².